The Morgan fingerprint density at radius 2 is 2.13 bits per heavy atom. The fourth-order valence-corrected chi connectivity index (χ4v) is 4.08. The van der Waals surface area contributed by atoms with Gasteiger partial charge in [-0.25, -0.2) is 14.8 Å². The van der Waals surface area contributed by atoms with Gasteiger partial charge in [-0.3, -0.25) is 0 Å². The van der Waals surface area contributed by atoms with Crippen molar-refractivity contribution in [1.29, 1.82) is 0 Å². The zero-order valence-electron chi connectivity index (χ0n) is 16.9. The average molecular weight is 406 g/mol. The highest BCUT2D eigenvalue weighted by molar-refractivity contribution is 5.80. The van der Waals surface area contributed by atoms with Gasteiger partial charge in [-0.05, 0) is 42.3 Å². The van der Waals surface area contributed by atoms with Crippen molar-refractivity contribution in [2.75, 3.05) is 25.1 Å². The van der Waals surface area contributed by atoms with E-state index in [1.54, 1.807) is 0 Å². The third kappa shape index (κ3) is 4.09. The van der Waals surface area contributed by atoms with Crippen LogP contribution in [-0.4, -0.2) is 51.7 Å². The van der Waals surface area contributed by atoms with Crippen LogP contribution in [0.4, 0.5) is 10.7 Å². The van der Waals surface area contributed by atoms with Gasteiger partial charge in [-0.15, -0.1) is 0 Å². The summed E-state index contributed by atoms with van der Waals surface area (Å²) < 4.78 is 5.41. The molecule has 2 amide bonds. The third-order valence-corrected chi connectivity index (χ3v) is 5.80. The van der Waals surface area contributed by atoms with Crippen LogP contribution in [0, 0.1) is 0 Å². The molecular formula is C22H26N6O2. The van der Waals surface area contributed by atoms with E-state index >= 15 is 0 Å². The number of aromatic nitrogens is 3. The molecule has 3 N–H and O–H groups in total. The molecule has 0 saturated carbocycles. The zero-order valence-corrected chi connectivity index (χ0v) is 16.9. The highest BCUT2D eigenvalue weighted by Crippen LogP contribution is 2.20. The van der Waals surface area contributed by atoms with Crippen LogP contribution in [0.3, 0.4) is 0 Å². The molecule has 0 bridgehead atoms. The summed E-state index contributed by atoms with van der Waals surface area (Å²) in [6.07, 6.45) is 4.59. The predicted octanol–water partition coefficient (Wildman–Crippen LogP) is 2.82. The number of carbonyl (C=O) groups excluding carboxylic acids is 1. The number of fused-ring (bicyclic) bond motifs is 2. The fourth-order valence-electron chi connectivity index (χ4n) is 4.08. The first-order chi connectivity index (χ1) is 14.7. The predicted molar refractivity (Wildman–Crippen MR) is 114 cm³/mol. The standard InChI is InChI=1S/C22H26N6O2/c29-22(24-13-18-11-15-3-1-2-4-19(15)25-18)28-8-5-16-12-23-21(27-20(16)14-28)26-17-6-9-30-10-7-17/h1-4,11-12,17,25H,5-10,13-14H2,(H,24,29)(H,23,26,27). The second kappa shape index (κ2) is 8.31. The molecule has 2 aromatic heterocycles. The molecule has 30 heavy (non-hydrogen) atoms. The first-order valence-electron chi connectivity index (χ1n) is 10.5. The molecule has 8 nitrogen and oxygen atoms in total. The first kappa shape index (κ1) is 18.9. The number of benzene rings is 1. The Morgan fingerprint density at radius 3 is 3.00 bits per heavy atom. The van der Waals surface area contributed by atoms with Crippen molar-refractivity contribution in [2.45, 2.75) is 38.4 Å². The van der Waals surface area contributed by atoms with E-state index in [0.717, 1.165) is 60.3 Å². The number of urea groups is 1. The van der Waals surface area contributed by atoms with Crippen molar-refractivity contribution >= 4 is 22.9 Å². The van der Waals surface area contributed by atoms with Gasteiger partial charge in [0.2, 0.25) is 5.95 Å². The molecule has 8 heteroatoms. The van der Waals surface area contributed by atoms with Gasteiger partial charge in [0, 0.05) is 43.2 Å². The van der Waals surface area contributed by atoms with Crippen molar-refractivity contribution in [3.8, 4) is 0 Å². The second-order valence-corrected chi connectivity index (χ2v) is 7.91. The molecule has 1 saturated heterocycles. The van der Waals surface area contributed by atoms with Crippen LogP contribution in [0.2, 0.25) is 0 Å². The summed E-state index contributed by atoms with van der Waals surface area (Å²) in [5.74, 6) is 0.640. The molecule has 2 aliphatic rings. The van der Waals surface area contributed by atoms with Crippen molar-refractivity contribution < 1.29 is 9.53 Å². The van der Waals surface area contributed by atoms with Crippen LogP contribution in [0.25, 0.3) is 10.9 Å². The molecule has 0 aliphatic carbocycles. The second-order valence-electron chi connectivity index (χ2n) is 7.91. The topological polar surface area (TPSA) is 95.2 Å². The highest BCUT2D eigenvalue weighted by atomic mass is 16.5. The summed E-state index contributed by atoms with van der Waals surface area (Å²) >= 11 is 0. The zero-order chi connectivity index (χ0) is 20.3. The number of hydrogen-bond acceptors (Lipinski definition) is 5. The maximum atomic E-state index is 12.7. The van der Waals surface area contributed by atoms with Gasteiger partial charge in [0.15, 0.2) is 0 Å². The Morgan fingerprint density at radius 1 is 1.27 bits per heavy atom. The first-order valence-corrected chi connectivity index (χ1v) is 10.5. The number of rotatable bonds is 4. The molecular weight excluding hydrogens is 380 g/mol. The van der Waals surface area contributed by atoms with Gasteiger partial charge in [0.1, 0.15) is 0 Å². The van der Waals surface area contributed by atoms with Gasteiger partial charge in [0.25, 0.3) is 0 Å². The molecule has 0 atom stereocenters. The van der Waals surface area contributed by atoms with Gasteiger partial charge >= 0.3 is 6.03 Å². The van der Waals surface area contributed by atoms with Crippen LogP contribution in [0.15, 0.2) is 36.5 Å². The summed E-state index contributed by atoms with van der Waals surface area (Å²) in [6, 6.07) is 10.4. The lowest BCUT2D eigenvalue weighted by Crippen LogP contribution is -2.43. The van der Waals surface area contributed by atoms with E-state index in [9.17, 15) is 4.79 Å². The molecule has 0 unspecified atom stereocenters. The number of carbonyl (C=O) groups is 1. The van der Waals surface area contributed by atoms with Gasteiger partial charge in [-0.2, -0.15) is 0 Å². The SMILES string of the molecule is O=C(NCc1cc2ccccc2[nH]1)N1CCc2cnc(NC3CCOCC3)nc2C1. The van der Waals surface area contributed by atoms with Crippen molar-refractivity contribution in [3.63, 3.8) is 0 Å². The minimum Gasteiger partial charge on any atom is -0.381 e. The lowest BCUT2D eigenvalue weighted by molar-refractivity contribution is 0.0903. The van der Waals surface area contributed by atoms with Crippen molar-refractivity contribution in [1.82, 2.24) is 25.2 Å². The molecule has 4 heterocycles. The molecule has 1 fully saturated rings. The number of nitrogens with zero attached hydrogens (tertiary/aromatic N) is 3. The number of amides is 2. The summed E-state index contributed by atoms with van der Waals surface area (Å²) in [5, 5.41) is 7.58. The van der Waals surface area contributed by atoms with E-state index in [1.165, 1.54) is 0 Å². The lowest BCUT2D eigenvalue weighted by atomic mass is 10.1. The Bertz CT molecular complexity index is 1010. The van der Waals surface area contributed by atoms with E-state index < -0.39 is 0 Å². The van der Waals surface area contributed by atoms with Gasteiger partial charge < -0.3 is 25.3 Å². The van der Waals surface area contributed by atoms with Crippen LogP contribution in [0.5, 0.6) is 0 Å². The van der Waals surface area contributed by atoms with E-state index in [2.05, 4.69) is 32.7 Å². The normalized spacial score (nSPS) is 17.0. The monoisotopic (exact) mass is 406 g/mol. The van der Waals surface area contributed by atoms with Crippen molar-refractivity contribution in [3.05, 3.63) is 53.5 Å². The number of para-hydroxylation sites is 1. The van der Waals surface area contributed by atoms with E-state index in [-0.39, 0.29) is 6.03 Å². The average Bonchev–Trinajstić information content (AvgIpc) is 3.21. The smallest absolute Gasteiger partial charge is 0.318 e. The minimum absolute atomic E-state index is 0.0724. The van der Waals surface area contributed by atoms with E-state index in [4.69, 9.17) is 9.72 Å². The maximum absolute atomic E-state index is 12.7. The molecule has 1 aromatic carbocycles. The molecule has 0 spiro atoms. The number of aromatic amines is 1. The Hall–Kier alpha value is -3.13. The van der Waals surface area contributed by atoms with Gasteiger partial charge in [-0.1, -0.05) is 18.2 Å². The molecule has 0 radical (unpaired) electrons. The summed E-state index contributed by atoms with van der Waals surface area (Å²) in [4.78, 5) is 27.0. The quantitative estimate of drug-likeness (QED) is 0.619. The number of anilines is 1. The summed E-state index contributed by atoms with van der Waals surface area (Å²) in [5.41, 5.74) is 4.11. The lowest BCUT2D eigenvalue weighted by Gasteiger charge is -2.29. The Kier molecular flexibility index (Phi) is 5.23. The number of nitrogens with one attached hydrogen (secondary N) is 3. The number of ether oxygens (including phenoxy) is 1. The molecule has 3 aromatic rings. The number of H-pyrrole nitrogens is 1. The van der Waals surface area contributed by atoms with E-state index in [0.29, 0.717) is 31.6 Å². The van der Waals surface area contributed by atoms with Crippen LogP contribution in [0.1, 0.15) is 29.8 Å². The Balaban J connectivity index is 1.20. The fraction of sp³-hybridized carbons (Fsp3) is 0.409. The number of hydrogen-bond donors (Lipinski definition) is 3. The minimum atomic E-state index is -0.0724. The molecule has 156 valence electrons. The van der Waals surface area contributed by atoms with Crippen molar-refractivity contribution in [2.24, 2.45) is 0 Å². The van der Waals surface area contributed by atoms with Crippen LogP contribution >= 0.6 is 0 Å². The molecule has 2 aliphatic heterocycles. The van der Waals surface area contributed by atoms with Crippen LogP contribution in [-0.2, 0) is 24.2 Å². The Labute approximate surface area is 175 Å². The summed E-state index contributed by atoms with van der Waals surface area (Å²) in [6.45, 7) is 3.18. The third-order valence-electron chi connectivity index (χ3n) is 5.80. The molecule has 5 rings (SSSR count). The van der Waals surface area contributed by atoms with Gasteiger partial charge in [0.05, 0.1) is 18.8 Å². The maximum Gasteiger partial charge on any atom is 0.318 e. The van der Waals surface area contributed by atoms with Crippen LogP contribution < -0.4 is 10.6 Å². The summed E-state index contributed by atoms with van der Waals surface area (Å²) in [7, 11) is 0. The largest absolute Gasteiger partial charge is 0.381 e. The van der Waals surface area contributed by atoms with E-state index in [1.807, 2.05) is 29.3 Å². The highest BCUT2D eigenvalue weighted by Gasteiger charge is 2.23.